The van der Waals surface area contributed by atoms with Crippen LogP contribution in [-0.4, -0.2) is 43.5 Å². The SMILES string of the molecule is CCCN(CCC)C(=O)c1ccc(C(=O)NCCc2cccc(OC)c2)cc1. The third-order valence-corrected chi connectivity index (χ3v) is 4.50. The van der Waals surface area contributed by atoms with Crippen LogP contribution in [-0.2, 0) is 6.42 Å². The molecule has 5 nitrogen and oxygen atoms in total. The van der Waals surface area contributed by atoms with Crippen molar-refractivity contribution in [1.82, 2.24) is 10.2 Å². The molecule has 0 aromatic heterocycles. The van der Waals surface area contributed by atoms with E-state index in [9.17, 15) is 9.59 Å². The Morgan fingerprint density at radius 2 is 1.61 bits per heavy atom. The fourth-order valence-electron chi connectivity index (χ4n) is 3.05. The molecule has 0 heterocycles. The van der Waals surface area contributed by atoms with Crippen molar-refractivity contribution in [3.8, 4) is 5.75 Å². The van der Waals surface area contributed by atoms with Crippen molar-refractivity contribution in [2.24, 2.45) is 0 Å². The number of nitrogens with zero attached hydrogens (tertiary/aromatic N) is 1. The lowest BCUT2D eigenvalue weighted by Gasteiger charge is -2.21. The highest BCUT2D eigenvalue weighted by atomic mass is 16.5. The van der Waals surface area contributed by atoms with Crippen LogP contribution in [0.4, 0.5) is 0 Å². The van der Waals surface area contributed by atoms with Gasteiger partial charge in [0.05, 0.1) is 7.11 Å². The van der Waals surface area contributed by atoms with Gasteiger partial charge < -0.3 is 15.0 Å². The zero-order valence-electron chi connectivity index (χ0n) is 17.0. The molecule has 0 atom stereocenters. The normalized spacial score (nSPS) is 10.4. The zero-order valence-corrected chi connectivity index (χ0v) is 17.0. The molecule has 2 aromatic rings. The first-order valence-corrected chi connectivity index (χ1v) is 9.89. The van der Waals surface area contributed by atoms with E-state index in [0.29, 0.717) is 17.7 Å². The monoisotopic (exact) mass is 382 g/mol. The van der Waals surface area contributed by atoms with Gasteiger partial charge in [-0.25, -0.2) is 0 Å². The summed E-state index contributed by atoms with van der Waals surface area (Å²) in [6.45, 7) is 6.16. The number of methoxy groups -OCH3 is 1. The molecule has 0 aliphatic carbocycles. The molecular formula is C23H30N2O3. The summed E-state index contributed by atoms with van der Waals surface area (Å²) in [6, 6.07) is 14.7. The second-order valence-corrected chi connectivity index (χ2v) is 6.73. The Labute approximate surface area is 167 Å². The largest absolute Gasteiger partial charge is 0.497 e. The van der Waals surface area contributed by atoms with Crippen molar-refractivity contribution in [3.63, 3.8) is 0 Å². The van der Waals surface area contributed by atoms with Gasteiger partial charge >= 0.3 is 0 Å². The Morgan fingerprint density at radius 1 is 0.964 bits per heavy atom. The molecule has 0 spiro atoms. The van der Waals surface area contributed by atoms with Crippen LogP contribution >= 0.6 is 0 Å². The van der Waals surface area contributed by atoms with Crippen molar-refractivity contribution in [2.45, 2.75) is 33.1 Å². The average molecular weight is 383 g/mol. The minimum atomic E-state index is -0.138. The zero-order chi connectivity index (χ0) is 20.4. The van der Waals surface area contributed by atoms with E-state index in [1.54, 1.807) is 31.4 Å². The molecule has 0 fully saturated rings. The lowest BCUT2D eigenvalue weighted by atomic mass is 10.1. The van der Waals surface area contributed by atoms with Gasteiger partial charge in [-0.3, -0.25) is 9.59 Å². The second-order valence-electron chi connectivity index (χ2n) is 6.73. The summed E-state index contributed by atoms with van der Waals surface area (Å²) < 4.78 is 5.21. The fourth-order valence-corrected chi connectivity index (χ4v) is 3.05. The standard InChI is InChI=1S/C23H30N2O3/c1-4-15-25(16-5-2)23(27)20-11-9-19(10-12-20)22(26)24-14-13-18-7-6-8-21(17-18)28-3/h6-12,17H,4-5,13-16H2,1-3H3,(H,24,26). The Hall–Kier alpha value is -2.82. The average Bonchev–Trinajstić information content (AvgIpc) is 2.73. The lowest BCUT2D eigenvalue weighted by molar-refractivity contribution is 0.0755. The molecule has 0 aliphatic heterocycles. The summed E-state index contributed by atoms with van der Waals surface area (Å²) in [7, 11) is 1.64. The quantitative estimate of drug-likeness (QED) is 0.677. The maximum Gasteiger partial charge on any atom is 0.253 e. The molecule has 0 aliphatic rings. The second kappa shape index (κ2) is 11.1. The van der Waals surface area contributed by atoms with Crippen LogP contribution < -0.4 is 10.1 Å². The molecule has 5 heteroatoms. The Kier molecular flexibility index (Phi) is 8.53. The minimum Gasteiger partial charge on any atom is -0.497 e. The lowest BCUT2D eigenvalue weighted by Crippen LogP contribution is -2.32. The third kappa shape index (κ3) is 6.12. The highest BCUT2D eigenvalue weighted by molar-refractivity contribution is 5.97. The molecule has 2 rings (SSSR count). The molecule has 2 aromatic carbocycles. The van der Waals surface area contributed by atoms with Crippen molar-refractivity contribution in [2.75, 3.05) is 26.7 Å². The smallest absolute Gasteiger partial charge is 0.253 e. The number of hydrogen-bond acceptors (Lipinski definition) is 3. The summed E-state index contributed by atoms with van der Waals surface area (Å²) >= 11 is 0. The van der Waals surface area contributed by atoms with Gasteiger partial charge in [0.2, 0.25) is 0 Å². The van der Waals surface area contributed by atoms with Crippen LogP contribution in [0, 0.1) is 0 Å². The van der Waals surface area contributed by atoms with E-state index < -0.39 is 0 Å². The van der Waals surface area contributed by atoms with Crippen LogP contribution in [0.5, 0.6) is 5.75 Å². The number of benzene rings is 2. The van der Waals surface area contributed by atoms with Crippen LogP contribution in [0.2, 0.25) is 0 Å². The molecule has 28 heavy (non-hydrogen) atoms. The predicted octanol–water partition coefficient (Wildman–Crippen LogP) is 3.93. The first-order valence-electron chi connectivity index (χ1n) is 9.89. The molecule has 1 N–H and O–H groups in total. The summed E-state index contributed by atoms with van der Waals surface area (Å²) in [6.07, 6.45) is 2.58. The number of nitrogens with one attached hydrogen (secondary N) is 1. The van der Waals surface area contributed by atoms with Gasteiger partial charge in [0.15, 0.2) is 0 Å². The molecule has 2 amide bonds. The summed E-state index contributed by atoms with van der Waals surface area (Å²) in [5, 5.41) is 2.92. The maximum atomic E-state index is 12.6. The summed E-state index contributed by atoms with van der Waals surface area (Å²) in [5.41, 5.74) is 2.28. The molecule has 150 valence electrons. The predicted molar refractivity (Wildman–Crippen MR) is 112 cm³/mol. The van der Waals surface area contributed by atoms with E-state index in [2.05, 4.69) is 19.2 Å². The van der Waals surface area contributed by atoms with E-state index >= 15 is 0 Å². The van der Waals surface area contributed by atoms with Gasteiger partial charge in [-0.1, -0.05) is 26.0 Å². The number of amides is 2. The minimum absolute atomic E-state index is 0.0219. The Balaban J connectivity index is 1.91. The molecule has 0 saturated carbocycles. The number of rotatable bonds is 10. The number of ether oxygens (including phenoxy) is 1. The molecule has 0 saturated heterocycles. The van der Waals surface area contributed by atoms with Gasteiger partial charge in [0.25, 0.3) is 11.8 Å². The topological polar surface area (TPSA) is 58.6 Å². The van der Waals surface area contributed by atoms with E-state index in [0.717, 1.165) is 43.7 Å². The summed E-state index contributed by atoms with van der Waals surface area (Å²) in [5.74, 6) is 0.693. The van der Waals surface area contributed by atoms with Crippen molar-refractivity contribution < 1.29 is 14.3 Å². The van der Waals surface area contributed by atoms with Gasteiger partial charge in [-0.05, 0) is 61.2 Å². The maximum absolute atomic E-state index is 12.6. The van der Waals surface area contributed by atoms with Crippen molar-refractivity contribution >= 4 is 11.8 Å². The van der Waals surface area contributed by atoms with E-state index in [4.69, 9.17) is 4.74 Å². The van der Waals surface area contributed by atoms with Crippen LogP contribution in [0.15, 0.2) is 48.5 Å². The number of hydrogen-bond donors (Lipinski definition) is 1. The fraction of sp³-hybridized carbons (Fsp3) is 0.391. The van der Waals surface area contributed by atoms with Gasteiger partial charge in [-0.2, -0.15) is 0 Å². The highest BCUT2D eigenvalue weighted by Gasteiger charge is 2.15. The van der Waals surface area contributed by atoms with Crippen LogP contribution in [0.25, 0.3) is 0 Å². The molecule has 0 radical (unpaired) electrons. The van der Waals surface area contributed by atoms with Crippen LogP contribution in [0.3, 0.4) is 0 Å². The molecule has 0 unspecified atom stereocenters. The van der Waals surface area contributed by atoms with E-state index in [-0.39, 0.29) is 11.8 Å². The van der Waals surface area contributed by atoms with Crippen LogP contribution in [0.1, 0.15) is 53.0 Å². The number of carbonyl (C=O) groups is 2. The van der Waals surface area contributed by atoms with E-state index in [1.165, 1.54) is 0 Å². The Morgan fingerprint density at radius 3 is 2.21 bits per heavy atom. The van der Waals surface area contributed by atoms with Crippen molar-refractivity contribution in [1.29, 1.82) is 0 Å². The van der Waals surface area contributed by atoms with Crippen molar-refractivity contribution in [3.05, 3.63) is 65.2 Å². The molecule has 0 bridgehead atoms. The molecular weight excluding hydrogens is 352 g/mol. The first kappa shape index (κ1) is 21.5. The number of carbonyl (C=O) groups excluding carboxylic acids is 2. The summed E-state index contributed by atoms with van der Waals surface area (Å²) in [4.78, 5) is 26.8. The Bertz CT molecular complexity index is 766. The highest BCUT2D eigenvalue weighted by Crippen LogP contribution is 2.13. The van der Waals surface area contributed by atoms with Gasteiger partial charge in [0, 0.05) is 30.8 Å². The van der Waals surface area contributed by atoms with Gasteiger partial charge in [0.1, 0.15) is 5.75 Å². The van der Waals surface area contributed by atoms with Gasteiger partial charge in [-0.15, -0.1) is 0 Å². The first-order chi connectivity index (χ1) is 13.6. The van der Waals surface area contributed by atoms with E-state index in [1.807, 2.05) is 29.2 Å². The third-order valence-electron chi connectivity index (χ3n) is 4.50.